The maximum atomic E-state index is 8.41. The average Bonchev–Trinajstić information content (AvgIpc) is 2.81. The number of nitriles is 1. The molecule has 0 fully saturated rings. The first-order chi connectivity index (χ1) is 8.79. The average molecular weight is 258 g/mol. The van der Waals surface area contributed by atoms with Crippen molar-refractivity contribution in [2.75, 3.05) is 11.9 Å². The van der Waals surface area contributed by atoms with E-state index >= 15 is 0 Å². The van der Waals surface area contributed by atoms with Crippen molar-refractivity contribution in [2.45, 2.75) is 13.5 Å². The Morgan fingerprint density at radius 1 is 1.28 bits per heavy atom. The van der Waals surface area contributed by atoms with Crippen LogP contribution in [0.15, 0.2) is 35.7 Å². The second-order valence-corrected chi connectivity index (χ2v) is 4.85. The van der Waals surface area contributed by atoms with Gasteiger partial charge in [0.2, 0.25) is 0 Å². The van der Waals surface area contributed by atoms with E-state index in [1.54, 1.807) is 11.3 Å². The van der Waals surface area contributed by atoms with Gasteiger partial charge < -0.3 is 10.1 Å². The van der Waals surface area contributed by atoms with Crippen LogP contribution in [0.4, 0.5) is 5.69 Å². The van der Waals surface area contributed by atoms with Gasteiger partial charge in [0.25, 0.3) is 0 Å². The Morgan fingerprint density at radius 3 is 2.67 bits per heavy atom. The van der Waals surface area contributed by atoms with Gasteiger partial charge in [0.15, 0.2) is 6.61 Å². The summed E-state index contributed by atoms with van der Waals surface area (Å²) in [5, 5.41) is 13.9. The Bertz CT molecular complexity index is 540. The third-order valence-corrected chi connectivity index (χ3v) is 3.60. The Hall–Kier alpha value is -1.99. The summed E-state index contributed by atoms with van der Waals surface area (Å²) in [5.74, 6) is 0.717. The third-order valence-electron chi connectivity index (χ3n) is 2.58. The Labute approximate surface area is 111 Å². The fraction of sp³-hybridized carbons (Fsp3) is 0.214. The molecule has 0 unspecified atom stereocenters. The van der Waals surface area contributed by atoms with Gasteiger partial charge in [-0.2, -0.15) is 5.26 Å². The van der Waals surface area contributed by atoms with Gasteiger partial charge in [-0.15, -0.1) is 11.3 Å². The van der Waals surface area contributed by atoms with Crippen molar-refractivity contribution in [2.24, 2.45) is 0 Å². The first-order valence-corrected chi connectivity index (χ1v) is 6.54. The summed E-state index contributed by atoms with van der Waals surface area (Å²) in [6.45, 7) is 3.04. The third kappa shape index (κ3) is 3.25. The van der Waals surface area contributed by atoms with Gasteiger partial charge in [-0.25, -0.2) is 0 Å². The molecule has 2 rings (SSSR count). The minimum atomic E-state index is 0.0845. The minimum Gasteiger partial charge on any atom is -0.479 e. The molecule has 3 nitrogen and oxygen atoms in total. The van der Waals surface area contributed by atoms with Crippen LogP contribution in [0.25, 0.3) is 0 Å². The lowest BCUT2D eigenvalue weighted by molar-refractivity contribution is 0.368. The molecule has 1 N–H and O–H groups in total. The first kappa shape index (κ1) is 12.5. The lowest BCUT2D eigenvalue weighted by atomic mass is 10.2. The summed E-state index contributed by atoms with van der Waals surface area (Å²) in [6.07, 6.45) is 0. The number of thiophene rings is 1. The summed E-state index contributed by atoms with van der Waals surface area (Å²) in [4.78, 5) is 1.35. The van der Waals surface area contributed by atoms with Gasteiger partial charge in [0, 0.05) is 17.1 Å². The van der Waals surface area contributed by atoms with Crippen molar-refractivity contribution in [3.8, 4) is 11.8 Å². The molecule has 92 valence electrons. The van der Waals surface area contributed by atoms with Gasteiger partial charge in [-0.05, 0) is 48.2 Å². The number of hydrogen-bond acceptors (Lipinski definition) is 4. The van der Waals surface area contributed by atoms with Crippen LogP contribution in [0, 0.1) is 18.3 Å². The van der Waals surface area contributed by atoms with E-state index in [0.29, 0.717) is 0 Å². The minimum absolute atomic E-state index is 0.0845. The zero-order chi connectivity index (χ0) is 12.8. The number of hydrogen-bond donors (Lipinski definition) is 1. The molecular formula is C14H14N2OS. The Balaban J connectivity index is 1.91. The van der Waals surface area contributed by atoms with Crippen LogP contribution in [0.5, 0.6) is 5.75 Å². The molecule has 0 spiro atoms. The second-order valence-electron chi connectivity index (χ2n) is 3.85. The van der Waals surface area contributed by atoms with Crippen molar-refractivity contribution in [1.82, 2.24) is 0 Å². The van der Waals surface area contributed by atoms with E-state index in [-0.39, 0.29) is 6.61 Å². The largest absolute Gasteiger partial charge is 0.479 e. The van der Waals surface area contributed by atoms with Crippen molar-refractivity contribution in [3.63, 3.8) is 0 Å². The molecule has 0 aliphatic rings. The quantitative estimate of drug-likeness (QED) is 0.891. The molecule has 4 heteroatoms. The van der Waals surface area contributed by atoms with E-state index in [9.17, 15) is 0 Å². The smallest absolute Gasteiger partial charge is 0.174 e. The maximum absolute atomic E-state index is 8.41. The van der Waals surface area contributed by atoms with Gasteiger partial charge in [-0.3, -0.25) is 0 Å². The summed E-state index contributed by atoms with van der Waals surface area (Å²) < 4.78 is 5.19. The fourth-order valence-corrected chi connectivity index (χ4v) is 2.40. The molecule has 1 aromatic heterocycles. The van der Waals surface area contributed by atoms with E-state index in [2.05, 4.69) is 23.7 Å². The summed E-state index contributed by atoms with van der Waals surface area (Å²) in [7, 11) is 0. The predicted octanol–water partition coefficient (Wildman–Crippen LogP) is 3.57. The zero-order valence-electron chi connectivity index (χ0n) is 10.1. The number of benzene rings is 1. The lowest BCUT2D eigenvalue weighted by Crippen LogP contribution is -1.99. The van der Waals surface area contributed by atoms with E-state index in [1.807, 2.05) is 30.3 Å². The lowest BCUT2D eigenvalue weighted by Gasteiger charge is -2.07. The highest BCUT2D eigenvalue weighted by Crippen LogP contribution is 2.19. The van der Waals surface area contributed by atoms with Crippen molar-refractivity contribution >= 4 is 17.0 Å². The molecule has 0 atom stereocenters. The Kier molecular flexibility index (Phi) is 4.21. The number of nitrogens with one attached hydrogen (secondary N) is 1. The Morgan fingerprint density at radius 2 is 2.06 bits per heavy atom. The van der Waals surface area contributed by atoms with E-state index in [1.165, 1.54) is 10.4 Å². The highest BCUT2D eigenvalue weighted by atomic mass is 32.1. The van der Waals surface area contributed by atoms with Gasteiger partial charge >= 0.3 is 0 Å². The van der Waals surface area contributed by atoms with E-state index < -0.39 is 0 Å². The SMILES string of the molecule is Cc1ccsc1CNc1ccc(OCC#N)cc1. The van der Waals surface area contributed by atoms with Crippen molar-refractivity contribution < 1.29 is 4.74 Å². The number of anilines is 1. The molecule has 1 aromatic carbocycles. The molecule has 1 heterocycles. The van der Waals surface area contributed by atoms with Gasteiger partial charge in [0.1, 0.15) is 11.8 Å². The molecule has 0 bridgehead atoms. The molecule has 0 radical (unpaired) electrons. The van der Waals surface area contributed by atoms with Crippen LogP contribution in [0.3, 0.4) is 0 Å². The molecule has 0 amide bonds. The summed E-state index contributed by atoms with van der Waals surface area (Å²) in [6, 6.07) is 11.7. The monoisotopic (exact) mass is 258 g/mol. The standard InChI is InChI=1S/C14H14N2OS/c1-11-6-9-18-14(11)10-16-12-2-4-13(5-3-12)17-8-7-15/h2-6,9,16H,8,10H2,1H3. The normalized spacial score (nSPS) is 9.78. The van der Waals surface area contributed by atoms with E-state index in [0.717, 1.165) is 18.0 Å². The van der Waals surface area contributed by atoms with Crippen LogP contribution in [0.2, 0.25) is 0 Å². The first-order valence-electron chi connectivity index (χ1n) is 5.66. The van der Waals surface area contributed by atoms with Gasteiger partial charge in [0.05, 0.1) is 0 Å². The van der Waals surface area contributed by atoms with Crippen LogP contribution in [0.1, 0.15) is 10.4 Å². The molecule has 0 aliphatic heterocycles. The van der Waals surface area contributed by atoms with Crippen molar-refractivity contribution in [3.05, 3.63) is 46.2 Å². The number of aryl methyl sites for hydroxylation is 1. The molecule has 0 aliphatic carbocycles. The zero-order valence-corrected chi connectivity index (χ0v) is 11.0. The molecular weight excluding hydrogens is 244 g/mol. The van der Waals surface area contributed by atoms with Gasteiger partial charge in [-0.1, -0.05) is 0 Å². The fourth-order valence-electron chi connectivity index (χ4n) is 1.55. The highest BCUT2D eigenvalue weighted by molar-refractivity contribution is 7.10. The summed E-state index contributed by atoms with van der Waals surface area (Å²) in [5.41, 5.74) is 2.37. The van der Waals surface area contributed by atoms with Crippen molar-refractivity contribution in [1.29, 1.82) is 5.26 Å². The highest BCUT2D eigenvalue weighted by Gasteiger charge is 2.00. The predicted molar refractivity (Wildman–Crippen MR) is 73.9 cm³/mol. The molecule has 0 saturated carbocycles. The number of ether oxygens (including phenoxy) is 1. The molecule has 18 heavy (non-hydrogen) atoms. The topological polar surface area (TPSA) is 45.0 Å². The summed E-state index contributed by atoms with van der Waals surface area (Å²) >= 11 is 1.76. The molecule has 2 aromatic rings. The van der Waals surface area contributed by atoms with Crippen LogP contribution < -0.4 is 10.1 Å². The number of nitrogens with zero attached hydrogens (tertiary/aromatic N) is 1. The van der Waals surface area contributed by atoms with Crippen LogP contribution in [-0.4, -0.2) is 6.61 Å². The van der Waals surface area contributed by atoms with Crippen LogP contribution >= 0.6 is 11.3 Å². The second kappa shape index (κ2) is 6.08. The molecule has 0 saturated heterocycles. The number of rotatable bonds is 5. The van der Waals surface area contributed by atoms with Crippen LogP contribution in [-0.2, 0) is 6.54 Å². The van der Waals surface area contributed by atoms with E-state index in [4.69, 9.17) is 10.00 Å². The maximum Gasteiger partial charge on any atom is 0.174 e.